The average molecular weight is 316 g/mol. The molecule has 0 amide bonds. The Labute approximate surface area is 124 Å². The van der Waals surface area contributed by atoms with Crippen LogP contribution in [0.2, 0.25) is 0 Å². The van der Waals surface area contributed by atoms with Crippen LogP contribution in [0.25, 0.3) is 0 Å². The fourth-order valence-electron chi connectivity index (χ4n) is 2.58. The molecule has 118 valence electrons. The number of halogens is 1. The second-order valence-corrected chi connectivity index (χ2v) is 7.14. The highest BCUT2D eigenvalue weighted by Crippen LogP contribution is 2.17. The van der Waals surface area contributed by atoms with Gasteiger partial charge in [-0.15, -0.1) is 0 Å². The SMILES string of the molecule is CC(CN1CCCC1)NS(=O)(=O)c1ccc(CO)cc1F. The standard InChI is InChI=1S/C14H21FN2O3S/c1-11(9-17-6-2-3-7-17)16-21(19,20)14-5-4-12(10-18)8-13(14)15/h4-5,8,11,16,18H,2-3,6-7,9-10H2,1H3. The summed E-state index contributed by atoms with van der Waals surface area (Å²) < 4.78 is 40.8. The van der Waals surface area contributed by atoms with Crippen LogP contribution in [0.1, 0.15) is 25.3 Å². The normalized spacial score (nSPS) is 18.0. The molecule has 0 bridgehead atoms. The Balaban J connectivity index is 2.06. The van der Waals surface area contributed by atoms with Crippen molar-refractivity contribution in [3.63, 3.8) is 0 Å². The average Bonchev–Trinajstić information content (AvgIpc) is 2.90. The van der Waals surface area contributed by atoms with Gasteiger partial charge in [-0.25, -0.2) is 17.5 Å². The lowest BCUT2D eigenvalue weighted by molar-refractivity contribution is 0.281. The summed E-state index contributed by atoms with van der Waals surface area (Å²) in [5, 5.41) is 8.92. The lowest BCUT2D eigenvalue weighted by atomic mass is 10.2. The Kier molecular flexibility index (Phi) is 5.32. The molecule has 0 saturated carbocycles. The molecule has 1 atom stereocenters. The van der Waals surface area contributed by atoms with E-state index in [1.54, 1.807) is 6.92 Å². The molecule has 21 heavy (non-hydrogen) atoms. The van der Waals surface area contributed by atoms with Crippen molar-refractivity contribution >= 4 is 10.0 Å². The van der Waals surface area contributed by atoms with Gasteiger partial charge in [-0.2, -0.15) is 0 Å². The monoisotopic (exact) mass is 316 g/mol. The zero-order valence-corrected chi connectivity index (χ0v) is 12.9. The van der Waals surface area contributed by atoms with Gasteiger partial charge in [0, 0.05) is 12.6 Å². The molecule has 1 heterocycles. The van der Waals surface area contributed by atoms with Crippen LogP contribution >= 0.6 is 0 Å². The summed E-state index contributed by atoms with van der Waals surface area (Å²) in [4.78, 5) is 1.81. The number of rotatable bonds is 6. The Morgan fingerprint density at radius 2 is 2.05 bits per heavy atom. The van der Waals surface area contributed by atoms with Crippen LogP contribution in [0.4, 0.5) is 4.39 Å². The van der Waals surface area contributed by atoms with Crippen LogP contribution in [-0.4, -0.2) is 44.1 Å². The van der Waals surface area contributed by atoms with E-state index in [4.69, 9.17) is 5.11 Å². The molecular weight excluding hydrogens is 295 g/mol. The number of aliphatic hydroxyl groups excluding tert-OH is 1. The zero-order chi connectivity index (χ0) is 15.5. The molecule has 1 aromatic rings. The smallest absolute Gasteiger partial charge is 0.243 e. The van der Waals surface area contributed by atoms with Gasteiger partial charge in [0.15, 0.2) is 0 Å². The van der Waals surface area contributed by atoms with Gasteiger partial charge in [0.25, 0.3) is 0 Å². The van der Waals surface area contributed by atoms with Crippen molar-refractivity contribution < 1.29 is 17.9 Å². The van der Waals surface area contributed by atoms with Crippen molar-refractivity contribution in [3.05, 3.63) is 29.6 Å². The molecule has 0 aromatic heterocycles. The zero-order valence-electron chi connectivity index (χ0n) is 12.0. The van der Waals surface area contributed by atoms with E-state index in [0.29, 0.717) is 12.1 Å². The minimum absolute atomic E-state index is 0.287. The van der Waals surface area contributed by atoms with Crippen LogP contribution in [0, 0.1) is 5.82 Å². The number of nitrogens with zero attached hydrogens (tertiary/aromatic N) is 1. The van der Waals surface area contributed by atoms with E-state index in [-0.39, 0.29) is 17.5 Å². The molecule has 7 heteroatoms. The fraction of sp³-hybridized carbons (Fsp3) is 0.571. The molecular formula is C14H21FN2O3S. The van der Waals surface area contributed by atoms with E-state index in [0.717, 1.165) is 32.0 Å². The van der Waals surface area contributed by atoms with Crippen molar-refractivity contribution in [3.8, 4) is 0 Å². The lowest BCUT2D eigenvalue weighted by Gasteiger charge is -2.21. The predicted molar refractivity (Wildman–Crippen MR) is 77.8 cm³/mol. The molecule has 1 unspecified atom stereocenters. The van der Waals surface area contributed by atoms with E-state index >= 15 is 0 Å². The van der Waals surface area contributed by atoms with Crippen molar-refractivity contribution in [2.24, 2.45) is 0 Å². The highest BCUT2D eigenvalue weighted by molar-refractivity contribution is 7.89. The van der Waals surface area contributed by atoms with E-state index < -0.39 is 15.8 Å². The maximum atomic E-state index is 13.8. The molecule has 1 aromatic carbocycles. The summed E-state index contributed by atoms with van der Waals surface area (Å²) in [6.07, 6.45) is 2.27. The van der Waals surface area contributed by atoms with E-state index in [9.17, 15) is 12.8 Å². The predicted octanol–water partition coefficient (Wildman–Crippen LogP) is 1.08. The maximum Gasteiger partial charge on any atom is 0.243 e. The van der Waals surface area contributed by atoms with Gasteiger partial charge in [-0.1, -0.05) is 6.07 Å². The first-order chi connectivity index (χ1) is 9.92. The van der Waals surface area contributed by atoms with Crippen LogP contribution in [0.3, 0.4) is 0 Å². The van der Waals surface area contributed by atoms with Crippen molar-refractivity contribution in [1.82, 2.24) is 9.62 Å². The number of likely N-dealkylation sites (tertiary alicyclic amines) is 1. The molecule has 1 aliphatic rings. The summed E-state index contributed by atoms with van der Waals surface area (Å²) in [6.45, 7) is 4.03. The van der Waals surface area contributed by atoms with Crippen LogP contribution < -0.4 is 4.72 Å². The maximum absolute atomic E-state index is 13.8. The van der Waals surface area contributed by atoms with Gasteiger partial charge in [-0.3, -0.25) is 0 Å². The van der Waals surface area contributed by atoms with Gasteiger partial charge in [0.05, 0.1) is 6.61 Å². The molecule has 1 saturated heterocycles. The van der Waals surface area contributed by atoms with Crippen molar-refractivity contribution in [2.45, 2.75) is 37.3 Å². The van der Waals surface area contributed by atoms with Gasteiger partial charge >= 0.3 is 0 Å². The Morgan fingerprint density at radius 1 is 1.38 bits per heavy atom. The second-order valence-electron chi connectivity index (χ2n) is 5.45. The second kappa shape index (κ2) is 6.83. The molecule has 2 N–H and O–H groups in total. The van der Waals surface area contributed by atoms with Crippen molar-refractivity contribution in [2.75, 3.05) is 19.6 Å². The number of nitrogens with one attached hydrogen (secondary N) is 1. The largest absolute Gasteiger partial charge is 0.392 e. The van der Waals surface area contributed by atoms with Crippen LogP contribution in [0.15, 0.2) is 23.1 Å². The van der Waals surface area contributed by atoms with Crippen LogP contribution in [0.5, 0.6) is 0 Å². The molecule has 0 radical (unpaired) electrons. The first-order valence-corrected chi connectivity index (χ1v) is 8.54. The van der Waals surface area contributed by atoms with Gasteiger partial charge in [0.1, 0.15) is 10.7 Å². The quantitative estimate of drug-likeness (QED) is 0.824. The topological polar surface area (TPSA) is 69.6 Å². The number of aliphatic hydroxyl groups is 1. The van der Waals surface area contributed by atoms with Crippen molar-refractivity contribution in [1.29, 1.82) is 0 Å². The molecule has 1 aliphatic heterocycles. The lowest BCUT2D eigenvalue weighted by Crippen LogP contribution is -2.41. The number of sulfonamides is 1. The highest BCUT2D eigenvalue weighted by Gasteiger charge is 2.23. The number of hydrogen-bond acceptors (Lipinski definition) is 4. The number of hydrogen-bond donors (Lipinski definition) is 2. The Bertz CT molecular complexity index is 586. The summed E-state index contributed by atoms with van der Waals surface area (Å²) in [6, 6.07) is 3.35. The minimum atomic E-state index is -3.89. The molecule has 2 rings (SSSR count). The summed E-state index contributed by atoms with van der Waals surface area (Å²) in [7, 11) is -3.89. The van der Waals surface area contributed by atoms with E-state index in [1.165, 1.54) is 12.1 Å². The Hall–Kier alpha value is -1.02. The van der Waals surface area contributed by atoms with Crippen LogP contribution in [-0.2, 0) is 16.6 Å². The third kappa shape index (κ3) is 4.23. The minimum Gasteiger partial charge on any atom is -0.392 e. The summed E-state index contributed by atoms with van der Waals surface area (Å²) >= 11 is 0. The third-order valence-corrected chi connectivity index (χ3v) is 5.18. The van der Waals surface area contributed by atoms with Gasteiger partial charge in [0.2, 0.25) is 10.0 Å². The number of benzene rings is 1. The molecule has 0 spiro atoms. The summed E-state index contributed by atoms with van der Waals surface area (Å²) in [5.74, 6) is -0.845. The third-order valence-electron chi connectivity index (χ3n) is 3.56. The molecule has 5 nitrogen and oxygen atoms in total. The highest BCUT2D eigenvalue weighted by atomic mass is 32.2. The van der Waals surface area contributed by atoms with E-state index in [2.05, 4.69) is 9.62 Å². The first kappa shape index (κ1) is 16.4. The summed E-state index contributed by atoms with van der Waals surface area (Å²) in [5.41, 5.74) is 0.344. The first-order valence-electron chi connectivity index (χ1n) is 7.06. The fourth-order valence-corrected chi connectivity index (χ4v) is 3.87. The Morgan fingerprint density at radius 3 is 2.62 bits per heavy atom. The van der Waals surface area contributed by atoms with E-state index in [1.807, 2.05) is 0 Å². The van der Waals surface area contributed by atoms with Gasteiger partial charge < -0.3 is 10.0 Å². The molecule has 1 fully saturated rings. The molecule has 0 aliphatic carbocycles. The van der Waals surface area contributed by atoms with Gasteiger partial charge in [-0.05, 0) is 50.6 Å².